The van der Waals surface area contributed by atoms with E-state index in [9.17, 15) is 10.2 Å². The Balaban J connectivity index is 2.13. The Labute approximate surface area is 144 Å². The topological polar surface area (TPSA) is 113 Å². The molecule has 25 heavy (non-hydrogen) atoms. The number of phenols is 2. The molecule has 2 aromatic carbocycles. The van der Waals surface area contributed by atoms with Crippen LogP contribution in [0.2, 0.25) is 0 Å². The molecule has 0 saturated carbocycles. The van der Waals surface area contributed by atoms with E-state index in [-0.39, 0.29) is 11.5 Å². The predicted octanol–water partition coefficient (Wildman–Crippen LogP) is 3.27. The minimum Gasteiger partial charge on any atom is -0.508 e. The molecule has 0 saturated heterocycles. The van der Waals surface area contributed by atoms with Crippen molar-refractivity contribution >= 4 is 18.4 Å². The van der Waals surface area contributed by atoms with Crippen molar-refractivity contribution in [3.05, 3.63) is 65.5 Å². The average Bonchev–Trinajstić information content (AvgIpc) is 2.62. The van der Waals surface area contributed by atoms with Gasteiger partial charge in [0.1, 0.15) is 22.9 Å². The van der Waals surface area contributed by atoms with Crippen LogP contribution in [0.5, 0.6) is 17.2 Å². The highest BCUT2D eigenvalue weighted by Crippen LogP contribution is 2.39. The van der Waals surface area contributed by atoms with Crippen molar-refractivity contribution in [2.45, 2.75) is 6.10 Å². The molecule has 0 amide bonds. The van der Waals surface area contributed by atoms with Crippen molar-refractivity contribution in [3.63, 3.8) is 0 Å². The highest BCUT2D eigenvalue weighted by molar-refractivity contribution is 5.89. The van der Waals surface area contributed by atoms with E-state index in [4.69, 9.17) is 10.5 Å². The summed E-state index contributed by atoms with van der Waals surface area (Å²) in [6.07, 6.45) is 2.53. The number of nitrogens with zero attached hydrogens (tertiary/aromatic N) is 3. The standard InChI is InChI=1S/C18H16N4O3/c1-20-22-21-16(10-19)18-15(11-2-5-13(23)6-3-11)8-12-4-7-14(24)9-17(12)25-18/h2-10,18,23-24H,1,19H2/b16-10-,22-21-. The first-order chi connectivity index (χ1) is 12.1. The number of ether oxygens (including phenoxy) is 1. The van der Waals surface area contributed by atoms with E-state index in [2.05, 4.69) is 22.2 Å². The smallest absolute Gasteiger partial charge is 0.170 e. The Kier molecular flexibility index (Phi) is 4.47. The molecule has 7 nitrogen and oxygen atoms in total. The summed E-state index contributed by atoms with van der Waals surface area (Å²) in [5.74, 6) is 0.744. The van der Waals surface area contributed by atoms with E-state index < -0.39 is 6.10 Å². The van der Waals surface area contributed by atoms with Crippen LogP contribution in [0, 0.1) is 0 Å². The van der Waals surface area contributed by atoms with Crippen molar-refractivity contribution in [1.82, 2.24) is 0 Å². The van der Waals surface area contributed by atoms with Crippen LogP contribution >= 0.6 is 0 Å². The third kappa shape index (κ3) is 3.35. The number of phenolic OH excluding ortho intramolecular Hbond substituents is 2. The van der Waals surface area contributed by atoms with Gasteiger partial charge < -0.3 is 20.7 Å². The van der Waals surface area contributed by atoms with Gasteiger partial charge in [-0.15, -0.1) is 10.2 Å². The van der Waals surface area contributed by atoms with E-state index >= 15 is 0 Å². The van der Waals surface area contributed by atoms with Crippen molar-refractivity contribution in [1.29, 1.82) is 0 Å². The molecule has 2 aromatic rings. The summed E-state index contributed by atoms with van der Waals surface area (Å²) in [4.78, 5) is 0. The van der Waals surface area contributed by atoms with Crippen LogP contribution in [0.25, 0.3) is 11.6 Å². The van der Waals surface area contributed by atoms with Gasteiger partial charge in [0, 0.05) is 30.1 Å². The van der Waals surface area contributed by atoms with Crippen LogP contribution in [0.15, 0.2) is 69.8 Å². The second-order valence-electron chi connectivity index (χ2n) is 5.29. The van der Waals surface area contributed by atoms with Gasteiger partial charge >= 0.3 is 0 Å². The first-order valence-electron chi connectivity index (χ1n) is 7.41. The Bertz CT molecular complexity index is 886. The fourth-order valence-corrected chi connectivity index (χ4v) is 2.54. The molecule has 1 atom stereocenters. The van der Waals surface area contributed by atoms with E-state index in [0.29, 0.717) is 11.4 Å². The molecule has 1 aliphatic heterocycles. The van der Waals surface area contributed by atoms with Gasteiger partial charge in [0.2, 0.25) is 0 Å². The van der Waals surface area contributed by atoms with Crippen molar-refractivity contribution < 1.29 is 14.9 Å². The van der Waals surface area contributed by atoms with Crippen LogP contribution in [0.4, 0.5) is 0 Å². The van der Waals surface area contributed by atoms with Gasteiger partial charge in [0.15, 0.2) is 6.10 Å². The van der Waals surface area contributed by atoms with Crippen LogP contribution < -0.4 is 10.5 Å². The lowest BCUT2D eigenvalue weighted by molar-refractivity contribution is 0.284. The molecule has 0 aromatic heterocycles. The van der Waals surface area contributed by atoms with Crippen molar-refractivity contribution in [2.24, 2.45) is 21.2 Å². The quantitative estimate of drug-likeness (QED) is 0.452. The molecule has 0 aliphatic carbocycles. The molecule has 4 N–H and O–H groups in total. The minimum atomic E-state index is -0.658. The monoisotopic (exact) mass is 336 g/mol. The lowest BCUT2D eigenvalue weighted by Gasteiger charge is -2.27. The van der Waals surface area contributed by atoms with Gasteiger partial charge in [0.25, 0.3) is 0 Å². The zero-order valence-corrected chi connectivity index (χ0v) is 13.2. The molecular weight excluding hydrogens is 320 g/mol. The zero-order chi connectivity index (χ0) is 17.8. The van der Waals surface area contributed by atoms with Gasteiger partial charge in [-0.3, -0.25) is 0 Å². The van der Waals surface area contributed by atoms with E-state index in [1.807, 2.05) is 6.08 Å². The maximum Gasteiger partial charge on any atom is 0.170 e. The molecule has 0 spiro atoms. The normalized spacial score (nSPS) is 16.9. The van der Waals surface area contributed by atoms with Gasteiger partial charge in [-0.25, -0.2) is 0 Å². The second-order valence-corrected chi connectivity index (χ2v) is 5.29. The Morgan fingerprint density at radius 1 is 1.12 bits per heavy atom. The Morgan fingerprint density at radius 2 is 1.84 bits per heavy atom. The molecule has 7 heteroatoms. The molecule has 126 valence electrons. The summed E-state index contributed by atoms with van der Waals surface area (Å²) in [6.45, 7) is 3.25. The SMILES string of the molecule is C=N/N=N\C(=C/N)C1Oc2cc(O)ccc2C=C1c1ccc(O)cc1. The molecule has 0 radical (unpaired) electrons. The number of benzene rings is 2. The largest absolute Gasteiger partial charge is 0.508 e. The number of nitrogens with two attached hydrogens (primary N) is 1. The lowest BCUT2D eigenvalue weighted by atomic mass is 9.93. The molecule has 0 fully saturated rings. The third-order valence-electron chi connectivity index (χ3n) is 3.70. The molecular formula is C18H16N4O3. The van der Waals surface area contributed by atoms with Gasteiger partial charge in [-0.2, -0.15) is 0 Å². The summed E-state index contributed by atoms with van der Waals surface area (Å²) in [6, 6.07) is 11.5. The molecule has 1 heterocycles. The maximum atomic E-state index is 9.69. The number of aromatic hydroxyl groups is 2. The summed E-state index contributed by atoms with van der Waals surface area (Å²) < 4.78 is 6.01. The predicted molar refractivity (Wildman–Crippen MR) is 95.2 cm³/mol. The molecule has 3 rings (SSSR count). The summed E-state index contributed by atoms with van der Waals surface area (Å²) >= 11 is 0. The molecule has 1 aliphatic rings. The van der Waals surface area contributed by atoms with Crippen molar-refractivity contribution in [3.8, 4) is 17.2 Å². The second kappa shape index (κ2) is 6.88. The minimum absolute atomic E-state index is 0.0895. The third-order valence-corrected chi connectivity index (χ3v) is 3.70. The number of rotatable bonds is 4. The average molecular weight is 336 g/mol. The van der Waals surface area contributed by atoms with Gasteiger partial charge in [0.05, 0.1) is 0 Å². The summed E-state index contributed by atoms with van der Waals surface area (Å²) in [7, 11) is 0. The van der Waals surface area contributed by atoms with Crippen molar-refractivity contribution in [2.75, 3.05) is 0 Å². The van der Waals surface area contributed by atoms with E-state index in [1.165, 1.54) is 12.3 Å². The molecule has 1 unspecified atom stereocenters. The number of fused-ring (bicyclic) bond motifs is 1. The first-order valence-corrected chi connectivity index (χ1v) is 7.41. The van der Waals surface area contributed by atoms with E-state index in [1.54, 1.807) is 36.4 Å². The van der Waals surface area contributed by atoms with Gasteiger partial charge in [-0.05, 0) is 41.1 Å². The highest BCUT2D eigenvalue weighted by Gasteiger charge is 2.28. The summed E-state index contributed by atoms with van der Waals surface area (Å²) in [5.41, 5.74) is 8.41. The summed E-state index contributed by atoms with van der Waals surface area (Å²) in [5, 5.41) is 30.0. The lowest BCUT2D eigenvalue weighted by Crippen LogP contribution is -2.24. The van der Waals surface area contributed by atoms with Crippen LogP contribution in [-0.2, 0) is 0 Å². The van der Waals surface area contributed by atoms with Crippen LogP contribution in [0.3, 0.4) is 0 Å². The van der Waals surface area contributed by atoms with Crippen LogP contribution in [-0.4, -0.2) is 23.0 Å². The maximum absolute atomic E-state index is 9.69. The zero-order valence-electron chi connectivity index (χ0n) is 13.2. The van der Waals surface area contributed by atoms with Crippen LogP contribution in [0.1, 0.15) is 11.1 Å². The Morgan fingerprint density at radius 3 is 2.52 bits per heavy atom. The van der Waals surface area contributed by atoms with E-state index in [0.717, 1.165) is 16.7 Å². The number of hydrogen-bond acceptors (Lipinski definition) is 6. The Hall–Kier alpha value is -3.61. The first kappa shape index (κ1) is 16.3. The fraction of sp³-hybridized carbons (Fsp3) is 0.0556. The molecule has 0 bridgehead atoms. The van der Waals surface area contributed by atoms with Gasteiger partial charge in [-0.1, -0.05) is 12.1 Å². The fourth-order valence-electron chi connectivity index (χ4n) is 2.54. The number of hydrogen-bond donors (Lipinski definition) is 3. The highest BCUT2D eigenvalue weighted by atomic mass is 16.5.